The van der Waals surface area contributed by atoms with E-state index < -0.39 is 9.84 Å². The van der Waals surface area contributed by atoms with Crippen molar-refractivity contribution in [3.05, 3.63) is 18.0 Å². The molecule has 1 heterocycles. The average molecular weight is 202 g/mol. The first-order chi connectivity index (χ1) is 6.01. The quantitative estimate of drug-likeness (QED) is 0.631. The van der Waals surface area contributed by atoms with E-state index in [0.717, 1.165) is 6.26 Å². The molecule has 0 aromatic carbocycles. The van der Waals surface area contributed by atoms with Crippen LogP contribution in [0.15, 0.2) is 12.4 Å². The van der Waals surface area contributed by atoms with Gasteiger partial charge in [0.15, 0.2) is 6.29 Å². The Bertz CT molecular complexity index is 394. The topological polar surface area (TPSA) is 69.0 Å². The van der Waals surface area contributed by atoms with E-state index in [1.54, 1.807) is 0 Å². The zero-order chi connectivity index (χ0) is 9.90. The highest BCUT2D eigenvalue weighted by Gasteiger charge is 2.03. The normalized spacial score (nSPS) is 11.5. The van der Waals surface area contributed by atoms with Crippen molar-refractivity contribution in [2.24, 2.45) is 0 Å². The largest absolute Gasteiger partial charge is 0.298 e. The third-order valence-corrected chi connectivity index (χ3v) is 2.40. The minimum Gasteiger partial charge on any atom is -0.298 e. The number of aldehydes is 1. The molecule has 1 aromatic heterocycles. The van der Waals surface area contributed by atoms with Crippen LogP contribution in [-0.4, -0.2) is 36.5 Å². The van der Waals surface area contributed by atoms with E-state index >= 15 is 0 Å². The van der Waals surface area contributed by atoms with Gasteiger partial charge < -0.3 is 0 Å². The van der Waals surface area contributed by atoms with Crippen LogP contribution in [0.25, 0.3) is 0 Å². The third-order valence-electron chi connectivity index (χ3n) is 1.48. The van der Waals surface area contributed by atoms with Crippen molar-refractivity contribution in [1.82, 2.24) is 9.78 Å². The van der Waals surface area contributed by atoms with Gasteiger partial charge in [-0.3, -0.25) is 9.48 Å². The number of aromatic nitrogens is 2. The van der Waals surface area contributed by atoms with Crippen LogP contribution >= 0.6 is 0 Å². The first kappa shape index (κ1) is 9.91. The Morgan fingerprint density at radius 3 is 2.77 bits per heavy atom. The number of rotatable bonds is 4. The Morgan fingerprint density at radius 1 is 1.62 bits per heavy atom. The molecule has 0 saturated heterocycles. The third kappa shape index (κ3) is 3.37. The molecular weight excluding hydrogens is 192 g/mol. The van der Waals surface area contributed by atoms with Crippen molar-refractivity contribution in [3.8, 4) is 0 Å². The zero-order valence-corrected chi connectivity index (χ0v) is 7.99. The summed E-state index contributed by atoms with van der Waals surface area (Å²) in [5.41, 5.74) is 0.452. The predicted molar refractivity (Wildman–Crippen MR) is 47.3 cm³/mol. The SMILES string of the molecule is CS(=O)(=O)CCn1cc(C=O)cn1. The van der Waals surface area contributed by atoms with Crippen molar-refractivity contribution in [1.29, 1.82) is 0 Å². The smallest absolute Gasteiger partial charge is 0.153 e. The number of carbonyl (C=O) groups excluding carboxylic acids is 1. The minimum absolute atomic E-state index is 0.0347. The maximum atomic E-state index is 10.8. The van der Waals surface area contributed by atoms with E-state index in [4.69, 9.17) is 0 Å². The molecule has 1 aromatic rings. The van der Waals surface area contributed by atoms with Gasteiger partial charge in [-0.2, -0.15) is 5.10 Å². The fourth-order valence-corrected chi connectivity index (χ4v) is 1.34. The molecule has 0 aliphatic rings. The fraction of sp³-hybridized carbons (Fsp3) is 0.429. The lowest BCUT2D eigenvalue weighted by atomic mass is 10.4. The van der Waals surface area contributed by atoms with Crippen molar-refractivity contribution in [3.63, 3.8) is 0 Å². The summed E-state index contributed by atoms with van der Waals surface area (Å²) >= 11 is 0. The molecule has 0 aliphatic carbocycles. The summed E-state index contributed by atoms with van der Waals surface area (Å²) in [6, 6.07) is 0. The van der Waals surface area contributed by atoms with Gasteiger partial charge in [0, 0.05) is 12.5 Å². The molecule has 0 N–H and O–H groups in total. The molecule has 5 nitrogen and oxygen atoms in total. The molecule has 6 heteroatoms. The molecule has 0 fully saturated rings. The second kappa shape index (κ2) is 3.69. The van der Waals surface area contributed by atoms with Gasteiger partial charge in [0.1, 0.15) is 9.84 Å². The standard InChI is InChI=1S/C7H10N2O3S/c1-13(11,12)3-2-9-5-7(6-10)4-8-9/h4-6H,2-3H2,1H3. The number of carbonyl (C=O) groups is 1. The summed E-state index contributed by atoms with van der Waals surface area (Å²) in [5.74, 6) is 0.0347. The molecule has 13 heavy (non-hydrogen) atoms. The van der Waals surface area contributed by atoms with Crippen molar-refractivity contribution >= 4 is 16.1 Å². The van der Waals surface area contributed by atoms with Crippen LogP contribution in [0.3, 0.4) is 0 Å². The van der Waals surface area contributed by atoms with Crippen LogP contribution < -0.4 is 0 Å². The molecule has 0 saturated carbocycles. The summed E-state index contributed by atoms with van der Waals surface area (Å²) in [4.78, 5) is 10.2. The van der Waals surface area contributed by atoms with Gasteiger partial charge in [0.05, 0.1) is 24.1 Å². The predicted octanol–water partition coefficient (Wildman–Crippen LogP) is -0.260. The molecule has 0 spiro atoms. The zero-order valence-electron chi connectivity index (χ0n) is 7.17. The molecule has 0 atom stereocenters. The Balaban J connectivity index is 2.60. The van der Waals surface area contributed by atoms with Gasteiger partial charge in [-0.25, -0.2) is 8.42 Å². The van der Waals surface area contributed by atoms with E-state index in [2.05, 4.69) is 5.10 Å². The van der Waals surface area contributed by atoms with Crippen molar-refractivity contribution < 1.29 is 13.2 Å². The number of nitrogens with zero attached hydrogens (tertiary/aromatic N) is 2. The Labute approximate surface area is 76.3 Å². The monoisotopic (exact) mass is 202 g/mol. The maximum absolute atomic E-state index is 10.8. The lowest BCUT2D eigenvalue weighted by molar-refractivity contribution is 0.112. The van der Waals surface area contributed by atoms with Gasteiger partial charge in [-0.1, -0.05) is 0 Å². The van der Waals surface area contributed by atoms with Gasteiger partial charge in [0.25, 0.3) is 0 Å². The Hall–Kier alpha value is -1.17. The Morgan fingerprint density at radius 2 is 2.31 bits per heavy atom. The summed E-state index contributed by atoms with van der Waals surface area (Å²) in [5, 5.41) is 3.81. The Kier molecular flexibility index (Phi) is 2.82. The molecule has 0 radical (unpaired) electrons. The summed E-state index contributed by atoms with van der Waals surface area (Å²) in [6.45, 7) is 0.284. The molecular formula is C7H10N2O3S. The van der Waals surface area contributed by atoms with Gasteiger partial charge >= 0.3 is 0 Å². The highest BCUT2D eigenvalue weighted by atomic mass is 32.2. The van der Waals surface area contributed by atoms with E-state index in [-0.39, 0.29) is 12.3 Å². The molecule has 0 bridgehead atoms. The van der Waals surface area contributed by atoms with Crippen LogP contribution in [0.1, 0.15) is 10.4 Å². The van der Waals surface area contributed by atoms with Gasteiger partial charge in [0.2, 0.25) is 0 Å². The minimum atomic E-state index is -2.97. The van der Waals surface area contributed by atoms with E-state index in [0.29, 0.717) is 11.8 Å². The lowest BCUT2D eigenvalue weighted by Gasteiger charge is -1.98. The van der Waals surface area contributed by atoms with Crippen LogP contribution in [0.5, 0.6) is 0 Å². The first-order valence-corrected chi connectivity index (χ1v) is 5.73. The van der Waals surface area contributed by atoms with Gasteiger partial charge in [-0.15, -0.1) is 0 Å². The molecule has 1 rings (SSSR count). The highest BCUT2D eigenvalue weighted by Crippen LogP contribution is 1.94. The van der Waals surface area contributed by atoms with Crippen molar-refractivity contribution in [2.45, 2.75) is 6.54 Å². The first-order valence-electron chi connectivity index (χ1n) is 3.66. The second-order valence-electron chi connectivity index (χ2n) is 2.78. The molecule has 72 valence electrons. The molecule has 0 unspecified atom stereocenters. The van der Waals surface area contributed by atoms with Gasteiger partial charge in [-0.05, 0) is 0 Å². The van der Waals surface area contributed by atoms with E-state index in [9.17, 15) is 13.2 Å². The van der Waals surface area contributed by atoms with E-state index in [1.165, 1.54) is 17.1 Å². The molecule has 0 aliphatic heterocycles. The lowest BCUT2D eigenvalue weighted by Crippen LogP contribution is -2.11. The maximum Gasteiger partial charge on any atom is 0.153 e. The number of hydrogen-bond donors (Lipinski definition) is 0. The number of aryl methyl sites for hydroxylation is 1. The average Bonchev–Trinajstić information content (AvgIpc) is 2.47. The van der Waals surface area contributed by atoms with Crippen LogP contribution in [0, 0.1) is 0 Å². The number of sulfone groups is 1. The van der Waals surface area contributed by atoms with Crippen molar-refractivity contribution in [2.75, 3.05) is 12.0 Å². The highest BCUT2D eigenvalue weighted by molar-refractivity contribution is 7.90. The summed E-state index contributed by atoms with van der Waals surface area (Å²) < 4.78 is 23.0. The fourth-order valence-electron chi connectivity index (χ4n) is 0.822. The number of hydrogen-bond acceptors (Lipinski definition) is 4. The second-order valence-corrected chi connectivity index (χ2v) is 5.04. The van der Waals surface area contributed by atoms with Crippen LogP contribution in [0.2, 0.25) is 0 Å². The summed E-state index contributed by atoms with van der Waals surface area (Å²) in [7, 11) is -2.97. The van der Waals surface area contributed by atoms with Crippen LogP contribution in [-0.2, 0) is 16.4 Å². The van der Waals surface area contributed by atoms with E-state index in [1.807, 2.05) is 0 Å². The van der Waals surface area contributed by atoms with Crippen LogP contribution in [0.4, 0.5) is 0 Å². The summed E-state index contributed by atoms with van der Waals surface area (Å²) in [6.07, 6.45) is 4.74. The molecule has 0 amide bonds.